The van der Waals surface area contributed by atoms with Gasteiger partial charge in [0.1, 0.15) is 0 Å². The largest absolute Gasteiger partial charge is 0.312 e. The normalized spacial score (nSPS) is 18.7. The summed E-state index contributed by atoms with van der Waals surface area (Å²) in [4.78, 5) is 2.52. The average Bonchev–Trinajstić information content (AvgIpc) is 2.76. The second kappa shape index (κ2) is 7.79. The van der Waals surface area contributed by atoms with Crippen LogP contribution in [0.15, 0.2) is 28.7 Å². The highest BCUT2D eigenvalue weighted by Crippen LogP contribution is 2.21. The molecule has 0 radical (unpaired) electrons. The number of piperazine rings is 1. The van der Waals surface area contributed by atoms with Gasteiger partial charge in [-0.1, -0.05) is 15.9 Å². The highest BCUT2D eigenvalue weighted by molar-refractivity contribution is 9.10. The van der Waals surface area contributed by atoms with Gasteiger partial charge in [-0.25, -0.2) is 4.68 Å². The van der Waals surface area contributed by atoms with Crippen LogP contribution in [0, 0.1) is 13.8 Å². The Morgan fingerprint density at radius 3 is 2.61 bits per heavy atom. The molecule has 4 nitrogen and oxygen atoms in total. The van der Waals surface area contributed by atoms with Crippen molar-refractivity contribution in [2.75, 3.05) is 19.6 Å². The summed E-state index contributed by atoms with van der Waals surface area (Å²) in [6.45, 7) is 10.8. The molecule has 0 spiro atoms. The summed E-state index contributed by atoms with van der Waals surface area (Å²) in [5.41, 5.74) is 4.85. The number of halogens is 2. The van der Waals surface area contributed by atoms with Gasteiger partial charge in [0.15, 0.2) is 0 Å². The van der Waals surface area contributed by atoms with Crippen LogP contribution in [0.3, 0.4) is 0 Å². The van der Waals surface area contributed by atoms with Crippen molar-refractivity contribution in [3.05, 3.63) is 45.7 Å². The number of hydrogen-bond donors (Lipinski definition) is 1. The van der Waals surface area contributed by atoms with Gasteiger partial charge in [-0.05, 0) is 45.0 Å². The Balaban J connectivity index is 0.00000192. The molecule has 1 aromatic heterocycles. The first-order chi connectivity index (χ1) is 10.5. The van der Waals surface area contributed by atoms with E-state index < -0.39 is 0 Å². The monoisotopic (exact) mass is 398 g/mol. The van der Waals surface area contributed by atoms with Crippen LogP contribution in [0.25, 0.3) is 5.69 Å². The van der Waals surface area contributed by atoms with Crippen LogP contribution in [0.1, 0.15) is 23.9 Å². The Hall–Kier alpha value is -0.880. The number of nitrogens with zero attached hydrogens (tertiary/aromatic N) is 3. The van der Waals surface area contributed by atoms with Gasteiger partial charge in [0.2, 0.25) is 0 Å². The Labute approximate surface area is 152 Å². The molecule has 126 valence electrons. The number of rotatable bonds is 3. The molecule has 23 heavy (non-hydrogen) atoms. The van der Waals surface area contributed by atoms with Crippen molar-refractivity contribution in [1.29, 1.82) is 0 Å². The highest BCUT2D eigenvalue weighted by atomic mass is 79.9. The van der Waals surface area contributed by atoms with E-state index in [0.29, 0.717) is 6.04 Å². The molecule has 1 saturated heterocycles. The molecule has 1 N–H and O–H groups in total. The van der Waals surface area contributed by atoms with Gasteiger partial charge in [-0.15, -0.1) is 12.4 Å². The van der Waals surface area contributed by atoms with E-state index in [1.165, 1.54) is 11.3 Å². The third kappa shape index (κ3) is 4.15. The molecular formula is C17H24BrClN4. The van der Waals surface area contributed by atoms with Crippen molar-refractivity contribution in [3.8, 4) is 5.69 Å². The first-order valence-electron chi connectivity index (χ1n) is 7.81. The zero-order valence-electron chi connectivity index (χ0n) is 13.8. The topological polar surface area (TPSA) is 33.1 Å². The van der Waals surface area contributed by atoms with Gasteiger partial charge in [0, 0.05) is 48.0 Å². The van der Waals surface area contributed by atoms with E-state index in [-0.39, 0.29) is 12.4 Å². The lowest BCUT2D eigenvalue weighted by atomic mass is 10.1. The summed E-state index contributed by atoms with van der Waals surface area (Å²) in [7, 11) is 0. The Kier molecular flexibility index (Phi) is 6.26. The molecule has 0 saturated carbocycles. The quantitative estimate of drug-likeness (QED) is 0.858. The van der Waals surface area contributed by atoms with E-state index in [1.807, 2.05) is 0 Å². The lowest BCUT2D eigenvalue weighted by Crippen LogP contribution is -2.48. The van der Waals surface area contributed by atoms with Crippen LogP contribution in [0.2, 0.25) is 0 Å². The fourth-order valence-electron chi connectivity index (χ4n) is 3.12. The molecule has 1 aliphatic heterocycles. The molecule has 3 rings (SSSR count). The minimum absolute atomic E-state index is 0. The van der Waals surface area contributed by atoms with E-state index in [0.717, 1.165) is 42.0 Å². The van der Waals surface area contributed by atoms with Gasteiger partial charge < -0.3 is 5.32 Å². The van der Waals surface area contributed by atoms with Gasteiger partial charge in [-0.2, -0.15) is 5.10 Å². The molecule has 0 amide bonds. The molecule has 1 fully saturated rings. The molecule has 6 heteroatoms. The van der Waals surface area contributed by atoms with Crippen molar-refractivity contribution in [2.45, 2.75) is 33.4 Å². The maximum absolute atomic E-state index is 4.75. The number of aryl methyl sites for hydroxylation is 1. The first-order valence-corrected chi connectivity index (χ1v) is 8.60. The predicted octanol–water partition coefficient (Wildman–Crippen LogP) is 3.47. The van der Waals surface area contributed by atoms with Crippen molar-refractivity contribution in [1.82, 2.24) is 20.0 Å². The number of aromatic nitrogens is 2. The van der Waals surface area contributed by atoms with E-state index >= 15 is 0 Å². The van der Waals surface area contributed by atoms with Gasteiger partial charge in [0.25, 0.3) is 0 Å². The van der Waals surface area contributed by atoms with Gasteiger partial charge in [-0.3, -0.25) is 4.90 Å². The minimum Gasteiger partial charge on any atom is -0.312 e. The second-order valence-electron chi connectivity index (χ2n) is 6.13. The zero-order valence-corrected chi connectivity index (χ0v) is 16.2. The Bertz CT molecular complexity index is 653. The fourth-order valence-corrected chi connectivity index (χ4v) is 3.38. The molecule has 1 atom stereocenters. The number of nitrogens with one attached hydrogen (secondary N) is 1. The lowest BCUT2D eigenvalue weighted by molar-refractivity contribution is 0.199. The van der Waals surface area contributed by atoms with E-state index in [9.17, 15) is 0 Å². The van der Waals surface area contributed by atoms with Crippen LogP contribution in [-0.2, 0) is 6.54 Å². The first kappa shape index (κ1) is 18.5. The third-order valence-corrected chi connectivity index (χ3v) is 4.88. The molecule has 2 heterocycles. The van der Waals surface area contributed by atoms with Crippen molar-refractivity contribution < 1.29 is 0 Å². The summed E-state index contributed by atoms with van der Waals surface area (Å²) in [5.74, 6) is 0. The van der Waals surface area contributed by atoms with Gasteiger partial charge >= 0.3 is 0 Å². The summed E-state index contributed by atoms with van der Waals surface area (Å²) in [6, 6.07) is 8.88. The summed E-state index contributed by atoms with van der Waals surface area (Å²) in [6.07, 6.45) is 0. The lowest BCUT2D eigenvalue weighted by Gasteiger charge is -2.31. The minimum atomic E-state index is 0. The van der Waals surface area contributed by atoms with E-state index in [4.69, 9.17) is 5.10 Å². The molecule has 1 aromatic carbocycles. The molecule has 2 aromatic rings. The maximum Gasteiger partial charge on any atom is 0.0649 e. The maximum atomic E-state index is 4.75. The molecule has 0 aliphatic carbocycles. The standard InChI is InChI=1S/C17H23BrN4.ClH/c1-12-10-21(9-8-19-12)11-17-13(2)20-22(14(17)3)16-6-4-15(18)5-7-16;/h4-7,12,19H,8-11H2,1-3H3;1H. The van der Waals surface area contributed by atoms with Crippen LogP contribution in [0.4, 0.5) is 0 Å². The van der Waals surface area contributed by atoms with E-state index in [2.05, 4.69) is 75.9 Å². The SMILES string of the molecule is Cc1nn(-c2ccc(Br)cc2)c(C)c1CN1CCNC(C)C1.Cl. The molecular weight excluding hydrogens is 376 g/mol. The molecule has 1 unspecified atom stereocenters. The second-order valence-corrected chi connectivity index (χ2v) is 7.04. The number of hydrogen-bond acceptors (Lipinski definition) is 3. The molecule has 1 aliphatic rings. The fraction of sp³-hybridized carbons (Fsp3) is 0.471. The average molecular weight is 400 g/mol. The van der Waals surface area contributed by atoms with E-state index in [1.54, 1.807) is 0 Å². The third-order valence-electron chi connectivity index (χ3n) is 4.35. The van der Waals surface area contributed by atoms with Crippen LogP contribution in [0.5, 0.6) is 0 Å². The van der Waals surface area contributed by atoms with Crippen molar-refractivity contribution in [2.24, 2.45) is 0 Å². The van der Waals surface area contributed by atoms with Crippen LogP contribution >= 0.6 is 28.3 Å². The summed E-state index contributed by atoms with van der Waals surface area (Å²) >= 11 is 3.49. The Morgan fingerprint density at radius 1 is 1.26 bits per heavy atom. The highest BCUT2D eigenvalue weighted by Gasteiger charge is 2.20. The summed E-state index contributed by atoms with van der Waals surface area (Å²) in [5, 5.41) is 8.25. The van der Waals surface area contributed by atoms with Gasteiger partial charge in [0.05, 0.1) is 11.4 Å². The van der Waals surface area contributed by atoms with Crippen molar-refractivity contribution >= 4 is 28.3 Å². The van der Waals surface area contributed by atoms with Crippen LogP contribution < -0.4 is 5.32 Å². The zero-order chi connectivity index (χ0) is 15.7. The Morgan fingerprint density at radius 2 is 1.96 bits per heavy atom. The summed E-state index contributed by atoms with van der Waals surface area (Å²) < 4.78 is 3.15. The number of benzene rings is 1. The smallest absolute Gasteiger partial charge is 0.0649 e. The van der Waals surface area contributed by atoms with Crippen molar-refractivity contribution in [3.63, 3.8) is 0 Å². The molecule has 0 bridgehead atoms. The predicted molar refractivity (Wildman–Crippen MR) is 101 cm³/mol. The van der Waals surface area contributed by atoms with Crippen LogP contribution in [-0.4, -0.2) is 40.4 Å².